The van der Waals surface area contributed by atoms with Crippen molar-refractivity contribution in [2.24, 2.45) is 0 Å². The molecule has 2 aromatic rings. The molecule has 0 N–H and O–H groups in total. The summed E-state index contributed by atoms with van der Waals surface area (Å²) < 4.78 is 15.6. The van der Waals surface area contributed by atoms with Crippen LogP contribution in [0.25, 0.3) is 0 Å². The van der Waals surface area contributed by atoms with Crippen molar-refractivity contribution >= 4 is 17.8 Å². The first-order chi connectivity index (χ1) is 11.6. The Labute approximate surface area is 147 Å². The van der Waals surface area contributed by atoms with Crippen LogP contribution in [0.15, 0.2) is 36.4 Å². The van der Waals surface area contributed by atoms with Gasteiger partial charge < -0.3 is 14.2 Å². The molecule has 0 radical (unpaired) electrons. The van der Waals surface area contributed by atoms with Gasteiger partial charge in [0.05, 0.1) is 7.11 Å². The molecule has 0 aliphatic heterocycles. The van der Waals surface area contributed by atoms with Gasteiger partial charge in [0, 0.05) is 10.6 Å². The summed E-state index contributed by atoms with van der Waals surface area (Å²) in [7, 11) is 1.27. The van der Waals surface area contributed by atoms with Crippen LogP contribution in [-0.2, 0) is 24.2 Å². The highest BCUT2D eigenvalue weighted by Gasteiger charge is 2.12. The fourth-order valence-electron chi connectivity index (χ4n) is 2.34. The highest BCUT2D eigenvalue weighted by atomic mass is 35.5. The molecule has 2 rings (SSSR count). The third kappa shape index (κ3) is 4.42. The average molecular weight is 349 g/mol. The molecule has 0 aliphatic rings. The second kappa shape index (κ2) is 8.60. The van der Waals surface area contributed by atoms with Gasteiger partial charge in [-0.3, -0.25) is 0 Å². The fourth-order valence-corrected chi connectivity index (χ4v) is 2.63. The first-order valence-electron chi connectivity index (χ1n) is 7.86. The number of hydrogen-bond donors (Lipinski definition) is 0. The van der Waals surface area contributed by atoms with Crippen molar-refractivity contribution in [3.8, 4) is 11.5 Å². The molecular formula is C19H21ClO4. The largest absolute Gasteiger partial charge is 0.513 e. The summed E-state index contributed by atoms with van der Waals surface area (Å²) in [5, 5.41) is 0.698. The van der Waals surface area contributed by atoms with Crippen LogP contribution in [0.2, 0.25) is 5.02 Å². The van der Waals surface area contributed by atoms with Gasteiger partial charge in [0.2, 0.25) is 0 Å². The highest BCUT2D eigenvalue weighted by molar-refractivity contribution is 6.31. The Bertz CT molecular complexity index is 713. The molecule has 2 aromatic carbocycles. The SMILES string of the molecule is CCc1cc(CC)c(OCc2ccccc2OC(=O)OC)cc1Cl. The summed E-state index contributed by atoms with van der Waals surface area (Å²) in [4.78, 5) is 11.3. The molecule has 0 aromatic heterocycles. The zero-order valence-electron chi connectivity index (χ0n) is 14.1. The smallest absolute Gasteiger partial charge is 0.488 e. The van der Waals surface area contributed by atoms with Gasteiger partial charge in [-0.05, 0) is 36.1 Å². The topological polar surface area (TPSA) is 44.8 Å². The number of methoxy groups -OCH3 is 1. The van der Waals surface area contributed by atoms with Gasteiger partial charge in [-0.1, -0.05) is 49.7 Å². The number of ether oxygens (including phenoxy) is 3. The van der Waals surface area contributed by atoms with Crippen molar-refractivity contribution in [3.63, 3.8) is 0 Å². The van der Waals surface area contributed by atoms with Gasteiger partial charge in [-0.15, -0.1) is 0 Å². The highest BCUT2D eigenvalue weighted by Crippen LogP contribution is 2.30. The summed E-state index contributed by atoms with van der Waals surface area (Å²) in [5.41, 5.74) is 2.96. The number of hydrogen-bond acceptors (Lipinski definition) is 4. The number of carbonyl (C=O) groups excluding carboxylic acids is 1. The van der Waals surface area contributed by atoms with Crippen molar-refractivity contribution in [2.75, 3.05) is 7.11 Å². The first kappa shape index (κ1) is 18.1. The Balaban J connectivity index is 2.19. The van der Waals surface area contributed by atoms with Crippen molar-refractivity contribution in [3.05, 3.63) is 58.1 Å². The molecular weight excluding hydrogens is 328 g/mol. The van der Waals surface area contributed by atoms with E-state index < -0.39 is 6.16 Å². The number of aryl methyl sites for hydroxylation is 2. The molecule has 4 nitrogen and oxygen atoms in total. The van der Waals surface area contributed by atoms with E-state index in [0.717, 1.165) is 35.3 Å². The second-order valence-electron chi connectivity index (χ2n) is 5.21. The summed E-state index contributed by atoms with van der Waals surface area (Å²) in [6.45, 7) is 4.41. The summed E-state index contributed by atoms with van der Waals surface area (Å²) in [5.74, 6) is 1.16. The minimum atomic E-state index is -0.757. The van der Waals surface area contributed by atoms with Crippen LogP contribution >= 0.6 is 11.6 Å². The Morgan fingerprint density at radius 1 is 1.00 bits per heavy atom. The monoisotopic (exact) mass is 348 g/mol. The molecule has 24 heavy (non-hydrogen) atoms. The van der Waals surface area contributed by atoms with Crippen molar-refractivity contribution in [1.29, 1.82) is 0 Å². The van der Waals surface area contributed by atoms with Crippen LogP contribution in [-0.4, -0.2) is 13.3 Å². The van der Waals surface area contributed by atoms with Crippen molar-refractivity contribution in [2.45, 2.75) is 33.3 Å². The normalized spacial score (nSPS) is 10.3. The van der Waals surface area contributed by atoms with E-state index in [2.05, 4.69) is 24.7 Å². The molecule has 0 heterocycles. The van der Waals surface area contributed by atoms with E-state index in [1.165, 1.54) is 7.11 Å². The lowest BCUT2D eigenvalue weighted by Crippen LogP contribution is -2.10. The zero-order valence-corrected chi connectivity index (χ0v) is 14.9. The van der Waals surface area contributed by atoms with E-state index in [1.54, 1.807) is 12.1 Å². The Morgan fingerprint density at radius 3 is 2.38 bits per heavy atom. The van der Waals surface area contributed by atoms with Crippen LogP contribution in [0.3, 0.4) is 0 Å². The molecule has 5 heteroatoms. The van der Waals surface area contributed by atoms with Gasteiger partial charge in [-0.25, -0.2) is 4.79 Å². The van der Waals surface area contributed by atoms with Gasteiger partial charge >= 0.3 is 6.16 Å². The Kier molecular flexibility index (Phi) is 6.50. The van der Waals surface area contributed by atoms with E-state index in [1.807, 2.05) is 18.2 Å². The van der Waals surface area contributed by atoms with Crippen LogP contribution in [0.1, 0.15) is 30.5 Å². The lowest BCUT2D eigenvalue weighted by atomic mass is 10.1. The second-order valence-corrected chi connectivity index (χ2v) is 5.62. The Morgan fingerprint density at radius 2 is 1.71 bits per heavy atom. The predicted octanol–water partition coefficient (Wildman–Crippen LogP) is 5.19. The summed E-state index contributed by atoms with van der Waals surface area (Å²) in [6, 6.07) is 11.1. The van der Waals surface area contributed by atoms with Crippen molar-refractivity contribution < 1.29 is 19.0 Å². The number of benzene rings is 2. The fraction of sp³-hybridized carbons (Fsp3) is 0.316. The molecule has 0 saturated heterocycles. The lowest BCUT2D eigenvalue weighted by Gasteiger charge is -2.15. The van der Waals surface area contributed by atoms with E-state index in [-0.39, 0.29) is 6.61 Å². The predicted molar refractivity (Wildman–Crippen MR) is 94.0 cm³/mol. The number of rotatable bonds is 6. The van der Waals surface area contributed by atoms with Gasteiger partial charge in [-0.2, -0.15) is 0 Å². The summed E-state index contributed by atoms with van der Waals surface area (Å²) >= 11 is 6.29. The maximum absolute atomic E-state index is 11.3. The molecule has 0 fully saturated rings. The van der Waals surface area contributed by atoms with Crippen molar-refractivity contribution in [1.82, 2.24) is 0 Å². The zero-order chi connectivity index (χ0) is 17.5. The van der Waals surface area contributed by atoms with Gasteiger partial charge in [0.1, 0.15) is 18.1 Å². The first-order valence-corrected chi connectivity index (χ1v) is 8.24. The molecule has 0 bridgehead atoms. The van der Waals surface area contributed by atoms with E-state index in [9.17, 15) is 4.79 Å². The Hall–Kier alpha value is -2.20. The van der Waals surface area contributed by atoms with Crippen LogP contribution in [0.4, 0.5) is 4.79 Å². The third-order valence-electron chi connectivity index (χ3n) is 3.71. The van der Waals surface area contributed by atoms with E-state index in [0.29, 0.717) is 10.8 Å². The van der Waals surface area contributed by atoms with Gasteiger partial charge in [0.15, 0.2) is 0 Å². The van der Waals surface area contributed by atoms with E-state index >= 15 is 0 Å². The standard InChI is InChI=1S/C19H21ClO4/c1-4-13-10-14(5-2)18(11-16(13)20)23-12-15-8-6-7-9-17(15)24-19(21)22-3/h6-11H,4-5,12H2,1-3H3. The maximum atomic E-state index is 11.3. The maximum Gasteiger partial charge on any atom is 0.513 e. The minimum absolute atomic E-state index is 0.266. The quantitative estimate of drug-likeness (QED) is 0.532. The third-order valence-corrected chi connectivity index (χ3v) is 4.06. The van der Waals surface area contributed by atoms with Crippen LogP contribution in [0.5, 0.6) is 11.5 Å². The number of para-hydroxylation sites is 1. The molecule has 0 aliphatic carbocycles. The molecule has 0 spiro atoms. The molecule has 0 unspecified atom stereocenters. The molecule has 128 valence electrons. The summed E-state index contributed by atoms with van der Waals surface area (Å²) in [6.07, 6.45) is 0.967. The number of carbonyl (C=O) groups is 1. The van der Waals surface area contributed by atoms with Crippen LogP contribution in [0, 0.1) is 0 Å². The number of halogens is 1. The molecule has 0 atom stereocenters. The van der Waals surface area contributed by atoms with Gasteiger partial charge in [0.25, 0.3) is 0 Å². The van der Waals surface area contributed by atoms with E-state index in [4.69, 9.17) is 21.1 Å². The minimum Gasteiger partial charge on any atom is -0.488 e. The lowest BCUT2D eigenvalue weighted by molar-refractivity contribution is 0.120. The molecule has 0 amide bonds. The van der Waals surface area contributed by atoms with Crippen LogP contribution < -0.4 is 9.47 Å². The average Bonchev–Trinajstić information content (AvgIpc) is 2.60. The molecule has 0 saturated carbocycles.